The van der Waals surface area contributed by atoms with Gasteiger partial charge in [-0.2, -0.15) is 0 Å². The Kier molecular flexibility index (Phi) is 4.02. The molecule has 1 rings (SSSR count). The van der Waals surface area contributed by atoms with Gasteiger partial charge in [-0.1, -0.05) is 0 Å². The zero-order chi connectivity index (χ0) is 13.9. The number of carbonyl (C=O) groups excluding carboxylic acids is 1. The van der Waals surface area contributed by atoms with E-state index in [0.29, 0.717) is 0 Å². The van der Waals surface area contributed by atoms with Gasteiger partial charge in [-0.05, 0) is 19.1 Å². The van der Waals surface area contributed by atoms with Crippen LogP contribution in [0.1, 0.15) is 17.3 Å². The van der Waals surface area contributed by atoms with E-state index in [2.05, 4.69) is 4.74 Å². The number of hydrogen-bond acceptors (Lipinski definition) is 6. The van der Waals surface area contributed by atoms with Crippen molar-refractivity contribution in [3.05, 3.63) is 33.9 Å². The van der Waals surface area contributed by atoms with Gasteiger partial charge in [0, 0.05) is 12.3 Å². The number of ether oxygens (including phenoxy) is 1. The fraction of sp³-hybridized carbons (Fsp3) is 0.300. The van der Waals surface area contributed by atoms with Crippen molar-refractivity contribution in [2.75, 3.05) is 12.9 Å². The van der Waals surface area contributed by atoms with Crippen LogP contribution >= 0.6 is 0 Å². The first kappa shape index (κ1) is 14.1. The van der Waals surface area contributed by atoms with Gasteiger partial charge in [0.1, 0.15) is 5.56 Å². The molecule has 0 spiro atoms. The van der Waals surface area contributed by atoms with Gasteiger partial charge in [-0.25, -0.2) is 13.2 Å². The predicted molar refractivity (Wildman–Crippen MR) is 62.2 cm³/mol. The first-order valence-electron chi connectivity index (χ1n) is 4.93. The van der Waals surface area contributed by atoms with Gasteiger partial charge in [-0.3, -0.25) is 10.1 Å². The third-order valence-electron chi connectivity index (χ3n) is 2.09. The van der Waals surface area contributed by atoms with Gasteiger partial charge in [0.15, 0.2) is 9.84 Å². The summed E-state index contributed by atoms with van der Waals surface area (Å²) in [5.74, 6) is -0.922. The molecule has 0 N–H and O–H groups in total. The average molecular weight is 273 g/mol. The van der Waals surface area contributed by atoms with Crippen molar-refractivity contribution in [3.8, 4) is 0 Å². The molecule has 0 saturated heterocycles. The van der Waals surface area contributed by atoms with Crippen molar-refractivity contribution in [1.82, 2.24) is 0 Å². The highest BCUT2D eigenvalue weighted by Crippen LogP contribution is 2.23. The van der Waals surface area contributed by atoms with E-state index < -0.39 is 26.4 Å². The molecule has 0 saturated carbocycles. The fourth-order valence-electron chi connectivity index (χ4n) is 1.28. The number of rotatable bonds is 4. The largest absolute Gasteiger partial charge is 0.462 e. The maximum Gasteiger partial charge on any atom is 0.345 e. The summed E-state index contributed by atoms with van der Waals surface area (Å²) >= 11 is 0. The molecule has 1 aromatic rings. The van der Waals surface area contributed by atoms with Crippen LogP contribution in [0.4, 0.5) is 5.69 Å². The van der Waals surface area contributed by atoms with E-state index in [9.17, 15) is 23.3 Å². The molecule has 0 radical (unpaired) electrons. The van der Waals surface area contributed by atoms with Crippen LogP contribution < -0.4 is 0 Å². The summed E-state index contributed by atoms with van der Waals surface area (Å²) in [7, 11) is -3.55. The second-order valence-electron chi connectivity index (χ2n) is 3.43. The Morgan fingerprint density at radius 1 is 1.44 bits per heavy atom. The van der Waals surface area contributed by atoms with E-state index in [0.717, 1.165) is 24.5 Å². The molecular weight excluding hydrogens is 262 g/mol. The van der Waals surface area contributed by atoms with Crippen LogP contribution in [-0.2, 0) is 14.6 Å². The summed E-state index contributed by atoms with van der Waals surface area (Å²) in [4.78, 5) is 21.3. The van der Waals surface area contributed by atoms with E-state index in [1.54, 1.807) is 6.92 Å². The van der Waals surface area contributed by atoms with Crippen molar-refractivity contribution in [2.45, 2.75) is 11.8 Å². The van der Waals surface area contributed by atoms with E-state index in [-0.39, 0.29) is 17.1 Å². The lowest BCUT2D eigenvalue weighted by Gasteiger charge is -2.05. The highest BCUT2D eigenvalue weighted by Gasteiger charge is 2.23. The van der Waals surface area contributed by atoms with Crippen molar-refractivity contribution in [3.63, 3.8) is 0 Å². The maximum absolute atomic E-state index is 11.5. The standard InChI is InChI=1S/C10H11NO6S/c1-3-17-10(12)8-6-7(18(2,15)16)4-5-9(8)11(13)14/h4-6H,3H2,1-2H3. The third kappa shape index (κ3) is 3.04. The van der Waals surface area contributed by atoms with Crippen molar-refractivity contribution < 1.29 is 22.9 Å². The molecule has 0 bridgehead atoms. The molecule has 0 aliphatic carbocycles. The number of carbonyl (C=O) groups is 1. The SMILES string of the molecule is CCOC(=O)c1cc(S(C)(=O)=O)ccc1[N+](=O)[O-]. The molecule has 0 atom stereocenters. The number of nitro benzene ring substituents is 1. The number of benzene rings is 1. The summed E-state index contributed by atoms with van der Waals surface area (Å²) in [6, 6.07) is 3.00. The minimum atomic E-state index is -3.55. The van der Waals surface area contributed by atoms with Crippen molar-refractivity contribution >= 4 is 21.5 Å². The van der Waals surface area contributed by atoms with Crippen LogP contribution in [0, 0.1) is 10.1 Å². The molecule has 18 heavy (non-hydrogen) atoms. The van der Waals surface area contributed by atoms with E-state index in [1.165, 1.54) is 0 Å². The average Bonchev–Trinajstić information content (AvgIpc) is 2.27. The number of hydrogen-bond donors (Lipinski definition) is 0. The lowest BCUT2D eigenvalue weighted by Crippen LogP contribution is -2.09. The van der Waals surface area contributed by atoms with Gasteiger partial charge in [0.2, 0.25) is 0 Å². The van der Waals surface area contributed by atoms with Crippen LogP contribution in [-0.4, -0.2) is 32.2 Å². The van der Waals surface area contributed by atoms with Crippen molar-refractivity contribution in [1.29, 1.82) is 0 Å². The van der Waals surface area contributed by atoms with Gasteiger partial charge in [-0.15, -0.1) is 0 Å². The van der Waals surface area contributed by atoms with Crippen molar-refractivity contribution in [2.24, 2.45) is 0 Å². The number of nitrogens with zero attached hydrogens (tertiary/aromatic N) is 1. The Labute approximate surface area is 103 Å². The summed E-state index contributed by atoms with van der Waals surface area (Å²) in [5, 5.41) is 10.7. The predicted octanol–water partition coefficient (Wildman–Crippen LogP) is 1.18. The van der Waals surface area contributed by atoms with Crippen LogP contribution in [0.5, 0.6) is 0 Å². The molecule has 8 heteroatoms. The first-order chi connectivity index (χ1) is 8.27. The molecule has 0 aliphatic rings. The highest BCUT2D eigenvalue weighted by molar-refractivity contribution is 7.90. The highest BCUT2D eigenvalue weighted by atomic mass is 32.2. The maximum atomic E-state index is 11.5. The second-order valence-corrected chi connectivity index (χ2v) is 5.44. The molecule has 0 unspecified atom stereocenters. The zero-order valence-electron chi connectivity index (χ0n) is 9.74. The molecule has 0 fully saturated rings. The van der Waals surface area contributed by atoms with Crippen LogP contribution in [0.15, 0.2) is 23.1 Å². The number of nitro groups is 1. The first-order valence-corrected chi connectivity index (χ1v) is 6.82. The lowest BCUT2D eigenvalue weighted by molar-refractivity contribution is -0.385. The van der Waals surface area contributed by atoms with Gasteiger partial charge >= 0.3 is 5.97 Å². The molecular formula is C10H11NO6S. The monoisotopic (exact) mass is 273 g/mol. The third-order valence-corrected chi connectivity index (χ3v) is 3.20. The Morgan fingerprint density at radius 3 is 2.50 bits per heavy atom. The Balaban J connectivity index is 3.42. The summed E-state index contributed by atoms with van der Waals surface area (Å²) in [6.45, 7) is 1.59. The van der Waals surface area contributed by atoms with E-state index >= 15 is 0 Å². The normalized spacial score (nSPS) is 11.0. The van der Waals surface area contributed by atoms with Crippen LogP contribution in [0.3, 0.4) is 0 Å². The summed E-state index contributed by atoms with van der Waals surface area (Å²) < 4.78 is 27.3. The van der Waals surface area contributed by atoms with Gasteiger partial charge in [0.05, 0.1) is 16.4 Å². The molecule has 0 amide bonds. The quantitative estimate of drug-likeness (QED) is 0.463. The molecule has 7 nitrogen and oxygen atoms in total. The van der Waals surface area contributed by atoms with E-state index in [4.69, 9.17) is 0 Å². The summed E-state index contributed by atoms with van der Waals surface area (Å²) in [6.07, 6.45) is 0.948. The molecule has 0 aliphatic heterocycles. The molecule has 0 aromatic heterocycles. The Hall–Kier alpha value is -1.96. The Morgan fingerprint density at radius 2 is 2.06 bits per heavy atom. The minimum Gasteiger partial charge on any atom is -0.462 e. The lowest BCUT2D eigenvalue weighted by atomic mass is 10.2. The number of sulfone groups is 1. The zero-order valence-corrected chi connectivity index (χ0v) is 10.6. The molecule has 0 heterocycles. The Bertz CT molecular complexity index is 592. The molecule has 98 valence electrons. The van der Waals surface area contributed by atoms with Gasteiger partial charge in [0.25, 0.3) is 5.69 Å². The molecule has 1 aromatic carbocycles. The summed E-state index contributed by atoms with van der Waals surface area (Å²) in [5.41, 5.74) is -0.856. The second kappa shape index (κ2) is 5.13. The number of esters is 1. The smallest absolute Gasteiger partial charge is 0.345 e. The topological polar surface area (TPSA) is 104 Å². The van der Waals surface area contributed by atoms with Crippen LogP contribution in [0.2, 0.25) is 0 Å². The van der Waals surface area contributed by atoms with Crippen LogP contribution in [0.25, 0.3) is 0 Å². The van der Waals surface area contributed by atoms with Gasteiger partial charge < -0.3 is 4.74 Å². The minimum absolute atomic E-state index is 0.0408. The van der Waals surface area contributed by atoms with E-state index in [1.807, 2.05) is 0 Å². The fourth-order valence-corrected chi connectivity index (χ4v) is 1.92.